The summed E-state index contributed by atoms with van der Waals surface area (Å²) in [5.74, 6) is 0.808. The number of rotatable bonds is 8. The van der Waals surface area contributed by atoms with Gasteiger partial charge >= 0.3 is 0 Å². The Kier molecular flexibility index (Phi) is 8.12. The van der Waals surface area contributed by atoms with Gasteiger partial charge in [-0.15, -0.1) is 17.9 Å². The molecule has 1 aliphatic heterocycles. The second-order valence-electron chi connectivity index (χ2n) is 6.44. The highest BCUT2D eigenvalue weighted by molar-refractivity contribution is 7.91. The van der Waals surface area contributed by atoms with Crippen molar-refractivity contribution in [2.45, 2.75) is 42.9 Å². The van der Waals surface area contributed by atoms with Crippen molar-refractivity contribution >= 4 is 27.3 Å². The van der Waals surface area contributed by atoms with Gasteiger partial charge in [-0.2, -0.15) is 4.31 Å². The lowest BCUT2D eigenvalue weighted by Crippen LogP contribution is -2.38. The standard InChI is InChI=1S/C18H30N4O2S2/c1-4-5-7-12-21(3)18(19-2)20-15-16-10-11-17(25-16)26(23,24)22-13-8-6-9-14-22/h4,10-11H,1,5-9,12-15H2,2-3H3,(H,19,20). The molecule has 0 spiro atoms. The van der Waals surface area contributed by atoms with Crippen LogP contribution in [-0.4, -0.2) is 57.3 Å². The van der Waals surface area contributed by atoms with Crippen LogP contribution in [0.3, 0.4) is 0 Å². The predicted molar refractivity (Wildman–Crippen MR) is 109 cm³/mol. The Labute approximate surface area is 161 Å². The molecule has 1 aliphatic rings. The maximum atomic E-state index is 12.7. The van der Waals surface area contributed by atoms with Crippen LogP contribution in [0.15, 0.2) is 34.0 Å². The SMILES string of the molecule is C=CCCCN(C)C(=NC)NCc1ccc(S(=O)(=O)N2CCCCC2)s1. The summed E-state index contributed by atoms with van der Waals surface area (Å²) in [5, 5.41) is 3.31. The third kappa shape index (κ3) is 5.56. The number of thiophene rings is 1. The van der Waals surface area contributed by atoms with Gasteiger partial charge in [-0.1, -0.05) is 12.5 Å². The van der Waals surface area contributed by atoms with Crippen LogP contribution in [0, 0.1) is 0 Å². The first-order valence-electron chi connectivity index (χ1n) is 9.10. The lowest BCUT2D eigenvalue weighted by atomic mass is 10.2. The molecule has 0 bridgehead atoms. The Hall–Kier alpha value is -1.38. The molecular formula is C18H30N4O2S2. The van der Waals surface area contributed by atoms with Crippen LogP contribution >= 0.6 is 11.3 Å². The largest absolute Gasteiger partial charge is 0.351 e. The molecule has 0 unspecified atom stereocenters. The first-order valence-corrected chi connectivity index (χ1v) is 11.4. The van der Waals surface area contributed by atoms with E-state index in [-0.39, 0.29) is 0 Å². The molecule has 2 heterocycles. The van der Waals surface area contributed by atoms with Crippen LogP contribution in [0.1, 0.15) is 37.0 Å². The van der Waals surface area contributed by atoms with E-state index in [0.29, 0.717) is 23.8 Å². The van der Waals surface area contributed by atoms with E-state index in [2.05, 4.69) is 21.8 Å². The zero-order valence-electron chi connectivity index (χ0n) is 15.8. The molecule has 1 aromatic heterocycles. The Morgan fingerprint density at radius 1 is 1.38 bits per heavy atom. The van der Waals surface area contributed by atoms with Gasteiger partial charge in [0.1, 0.15) is 4.21 Å². The van der Waals surface area contributed by atoms with Crippen molar-refractivity contribution in [2.75, 3.05) is 33.7 Å². The van der Waals surface area contributed by atoms with Crippen LogP contribution in [0.5, 0.6) is 0 Å². The van der Waals surface area contributed by atoms with Gasteiger partial charge in [0.25, 0.3) is 10.0 Å². The molecule has 0 aliphatic carbocycles. The molecule has 146 valence electrons. The molecule has 2 rings (SSSR count). The maximum absolute atomic E-state index is 12.7. The molecular weight excluding hydrogens is 368 g/mol. The second kappa shape index (κ2) is 10.1. The van der Waals surface area contributed by atoms with Crippen molar-refractivity contribution < 1.29 is 8.42 Å². The van der Waals surface area contributed by atoms with E-state index in [1.165, 1.54) is 11.3 Å². The highest BCUT2D eigenvalue weighted by atomic mass is 32.2. The molecule has 1 saturated heterocycles. The normalized spacial score (nSPS) is 16.5. The van der Waals surface area contributed by atoms with Gasteiger partial charge in [0.2, 0.25) is 0 Å². The van der Waals surface area contributed by atoms with Gasteiger partial charge < -0.3 is 10.2 Å². The molecule has 0 atom stereocenters. The van der Waals surface area contributed by atoms with Crippen molar-refractivity contribution in [3.63, 3.8) is 0 Å². The minimum absolute atomic E-state index is 0.436. The van der Waals surface area contributed by atoms with Crippen molar-refractivity contribution in [1.29, 1.82) is 0 Å². The molecule has 1 N–H and O–H groups in total. The molecule has 0 amide bonds. The molecule has 1 fully saturated rings. The van der Waals surface area contributed by atoms with E-state index in [1.54, 1.807) is 17.4 Å². The fourth-order valence-electron chi connectivity index (χ4n) is 2.95. The number of unbranched alkanes of at least 4 members (excludes halogenated alkanes) is 1. The number of piperidine rings is 1. The van der Waals surface area contributed by atoms with E-state index in [4.69, 9.17) is 0 Å². The summed E-state index contributed by atoms with van der Waals surface area (Å²) in [4.78, 5) is 7.35. The highest BCUT2D eigenvalue weighted by Gasteiger charge is 2.27. The van der Waals surface area contributed by atoms with Crippen LogP contribution in [0.25, 0.3) is 0 Å². The number of allylic oxidation sites excluding steroid dienone is 1. The number of aliphatic imine (C=N–C) groups is 1. The first-order chi connectivity index (χ1) is 12.5. The number of sulfonamides is 1. The summed E-state index contributed by atoms with van der Waals surface area (Å²) in [6.45, 7) is 6.47. The summed E-state index contributed by atoms with van der Waals surface area (Å²) >= 11 is 1.34. The molecule has 26 heavy (non-hydrogen) atoms. The first kappa shape index (κ1) is 20.9. The van der Waals surface area contributed by atoms with E-state index in [9.17, 15) is 8.42 Å². The van der Waals surface area contributed by atoms with Crippen LogP contribution < -0.4 is 5.32 Å². The number of hydrogen-bond acceptors (Lipinski definition) is 4. The summed E-state index contributed by atoms with van der Waals surface area (Å²) in [6.07, 6.45) is 6.94. The molecule has 6 nitrogen and oxygen atoms in total. The van der Waals surface area contributed by atoms with E-state index in [1.807, 2.05) is 19.2 Å². The average molecular weight is 399 g/mol. The molecule has 0 radical (unpaired) electrons. The zero-order chi connectivity index (χ0) is 19.0. The number of hydrogen-bond donors (Lipinski definition) is 1. The quantitative estimate of drug-likeness (QED) is 0.316. The number of nitrogens with one attached hydrogen (secondary N) is 1. The maximum Gasteiger partial charge on any atom is 0.252 e. The molecule has 0 saturated carbocycles. The summed E-state index contributed by atoms with van der Waals surface area (Å²) < 4.78 is 27.5. The molecule has 8 heteroatoms. The van der Waals surface area contributed by atoms with Gasteiger partial charge in [0, 0.05) is 38.6 Å². The van der Waals surface area contributed by atoms with Gasteiger partial charge in [0.05, 0.1) is 6.54 Å². The monoisotopic (exact) mass is 398 g/mol. The summed E-state index contributed by atoms with van der Waals surface area (Å²) in [5.41, 5.74) is 0. The predicted octanol–water partition coefficient (Wildman–Crippen LogP) is 2.90. The Morgan fingerprint density at radius 3 is 2.77 bits per heavy atom. The molecule has 1 aromatic rings. The van der Waals surface area contributed by atoms with Crippen molar-refractivity contribution in [2.24, 2.45) is 4.99 Å². The Bertz CT molecular complexity index is 707. The van der Waals surface area contributed by atoms with Gasteiger partial charge in [-0.25, -0.2) is 8.42 Å². The van der Waals surface area contributed by atoms with Crippen LogP contribution in [-0.2, 0) is 16.6 Å². The Morgan fingerprint density at radius 2 is 2.12 bits per heavy atom. The van der Waals surface area contributed by atoms with Gasteiger partial charge in [-0.3, -0.25) is 4.99 Å². The highest BCUT2D eigenvalue weighted by Crippen LogP contribution is 2.27. The smallest absolute Gasteiger partial charge is 0.252 e. The number of guanidine groups is 1. The van der Waals surface area contributed by atoms with Crippen molar-refractivity contribution in [1.82, 2.24) is 14.5 Å². The van der Waals surface area contributed by atoms with Crippen LogP contribution in [0.2, 0.25) is 0 Å². The van der Waals surface area contributed by atoms with E-state index in [0.717, 1.165) is 49.5 Å². The fraction of sp³-hybridized carbons (Fsp3) is 0.611. The minimum atomic E-state index is -3.34. The topological polar surface area (TPSA) is 65.0 Å². The third-order valence-corrected chi connectivity index (χ3v) is 7.89. The second-order valence-corrected chi connectivity index (χ2v) is 9.77. The van der Waals surface area contributed by atoms with Crippen molar-refractivity contribution in [3.05, 3.63) is 29.7 Å². The summed E-state index contributed by atoms with van der Waals surface area (Å²) in [6, 6.07) is 3.61. The summed E-state index contributed by atoms with van der Waals surface area (Å²) in [7, 11) is 0.413. The number of nitrogens with zero attached hydrogens (tertiary/aromatic N) is 3. The minimum Gasteiger partial charge on any atom is -0.351 e. The Balaban J connectivity index is 1.93. The van der Waals surface area contributed by atoms with Crippen LogP contribution in [0.4, 0.5) is 0 Å². The lowest BCUT2D eigenvalue weighted by molar-refractivity contribution is 0.347. The molecule has 0 aromatic carbocycles. The average Bonchev–Trinajstić information content (AvgIpc) is 3.13. The van der Waals surface area contributed by atoms with E-state index >= 15 is 0 Å². The fourth-order valence-corrected chi connectivity index (χ4v) is 5.92. The third-order valence-electron chi connectivity index (χ3n) is 4.44. The van der Waals surface area contributed by atoms with Gasteiger partial charge in [0.15, 0.2) is 5.96 Å². The van der Waals surface area contributed by atoms with Crippen molar-refractivity contribution in [3.8, 4) is 0 Å². The zero-order valence-corrected chi connectivity index (χ0v) is 17.4. The van der Waals surface area contributed by atoms with E-state index < -0.39 is 10.0 Å². The van der Waals surface area contributed by atoms with Gasteiger partial charge in [-0.05, 0) is 37.8 Å². The lowest BCUT2D eigenvalue weighted by Gasteiger charge is -2.25.